The minimum Gasteiger partial charge on any atom is -0.391 e. The van der Waals surface area contributed by atoms with Crippen molar-refractivity contribution < 1.29 is 9.90 Å². The monoisotopic (exact) mass is 503 g/mol. The first kappa shape index (κ1) is 23.8. The minimum atomic E-state index is -0.494. The predicted octanol–water partition coefficient (Wildman–Crippen LogP) is 1.29. The Morgan fingerprint density at radius 1 is 1.16 bits per heavy atom. The molecule has 0 bridgehead atoms. The van der Waals surface area contributed by atoms with E-state index in [1.165, 1.54) is 6.20 Å². The normalized spacial score (nSPS) is 20.8. The lowest BCUT2D eigenvalue weighted by Crippen LogP contribution is -2.50. The van der Waals surface area contributed by atoms with E-state index in [0.29, 0.717) is 17.6 Å². The van der Waals surface area contributed by atoms with Crippen LogP contribution in [0.3, 0.4) is 0 Å². The van der Waals surface area contributed by atoms with Gasteiger partial charge in [-0.2, -0.15) is 9.61 Å². The van der Waals surface area contributed by atoms with Crippen molar-refractivity contribution in [2.24, 2.45) is 0 Å². The molecule has 4 aromatic heterocycles. The molecule has 194 valence electrons. The average molecular weight is 504 g/mol. The fourth-order valence-electron chi connectivity index (χ4n) is 5.15. The van der Waals surface area contributed by atoms with Crippen LogP contribution in [-0.2, 0) is 6.54 Å². The number of likely N-dealkylation sites (N-methyl/N-ethyl adjacent to an activating group) is 1. The van der Waals surface area contributed by atoms with Crippen molar-refractivity contribution in [3.05, 3.63) is 42.4 Å². The Bertz CT molecular complexity index is 1440. The van der Waals surface area contributed by atoms with Crippen LogP contribution >= 0.6 is 0 Å². The number of piperazine rings is 1. The summed E-state index contributed by atoms with van der Waals surface area (Å²) in [6.07, 6.45) is 6.46. The molecule has 1 aliphatic carbocycles. The van der Waals surface area contributed by atoms with E-state index in [-0.39, 0.29) is 11.9 Å². The van der Waals surface area contributed by atoms with Gasteiger partial charge < -0.3 is 25.2 Å². The standard InChI is InChI=1S/C26H33N9O2/c1-27-23-14-21(30-25-18(15-29-35(23)25)26(37)31-20-5-6-22(20)36)19-16-34(24-17(19)4-3-7-28-24)13-12-33-10-8-32(2)9-11-33/h3-4,7,14-16,20,22,27,36H,5-6,8-13H2,1-2H3,(H,31,37)/t20-,22-/m1/s1. The molecule has 0 spiro atoms. The van der Waals surface area contributed by atoms with Crippen LogP contribution in [0.1, 0.15) is 23.2 Å². The van der Waals surface area contributed by atoms with Crippen molar-refractivity contribution in [2.45, 2.75) is 31.5 Å². The Morgan fingerprint density at radius 3 is 2.73 bits per heavy atom. The maximum Gasteiger partial charge on any atom is 0.257 e. The van der Waals surface area contributed by atoms with Gasteiger partial charge in [0.15, 0.2) is 5.65 Å². The summed E-state index contributed by atoms with van der Waals surface area (Å²) in [5.74, 6) is 0.451. The van der Waals surface area contributed by atoms with Gasteiger partial charge in [0.25, 0.3) is 5.91 Å². The molecule has 37 heavy (non-hydrogen) atoms. The molecular weight excluding hydrogens is 470 g/mol. The number of hydrogen-bond donors (Lipinski definition) is 3. The molecule has 3 N–H and O–H groups in total. The first-order valence-corrected chi connectivity index (χ1v) is 12.9. The second-order valence-electron chi connectivity index (χ2n) is 10.1. The summed E-state index contributed by atoms with van der Waals surface area (Å²) in [4.78, 5) is 27.5. The summed E-state index contributed by atoms with van der Waals surface area (Å²) in [6, 6.07) is 5.73. The Hall–Kier alpha value is -3.54. The van der Waals surface area contributed by atoms with Crippen LogP contribution in [0.4, 0.5) is 5.82 Å². The predicted molar refractivity (Wildman–Crippen MR) is 142 cm³/mol. The quantitative estimate of drug-likeness (QED) is 0.346. The first-order chi connectivity index (χ1) is 18.0. The Balaban J connectivity index is 1.35. The van der Waals surface area contributed by atoms with Crippen molar-refractivity contribution in [1.29, 1.82) is 0 Å². The fourth-order valence-corrected chi connectivity index (χ4v) is 5.15. The van der Waals surface area contributed by atoms with Gasteiger partial charge in [0.05, 0.1) is 24.0 Å². The van der Waals surface area contributed by atoms with Gasteiger partial charge in [-0.1, -0.05) is 0 Å². The van der Waals surface area contributed by atoms with Gasteiger partial charge >= 0.3 is 0 Å². The number of aliphatic hydroxyl groups excluding tert-OH is 1. The van der Waals surface area contributed by atoms with E-state index in [1.807, 2.05) is 25.4 Å². The maximum absolute atomic E-state index is 13.0. The van der Waals surface area contributed by atoms with Gasteiger partial charge in [-0.05, 0) is 32.0 Å². The summed E-state index contributed by atoms with van der Waals surface area (Å²) in [5.41, 5.74) is 3.48. The van der Waals surface area contributed by atoms with Crippen LogP contribution < -0.4 is 10.6 Å². The number of nitrogens with one attached hydrogen (secondary N) is 2. The number of fused-ring (bicyclic) bond motifs is 2. The number of aromatic nitrogens is 5. The van der Waals surface area contributed by atoms with Crippen molar-refractivity contribution >= 4 is 28.4 Å². The Labute approximate surface area is 215 Å². The smallest absolute Gasteiger partial charge is 0.257 e. The number of amides is 1. The number of carbonyl (C=O) groups excluding carboxylic acids is 1. The maximum atomic E-state index is 13.0. The molecule has 1 saturated carbocycles. The molecule has 0 unspecified atom stereocenters. The van der Waals surface area contributed by atoms with E-state index in [9.17, 15) is 9.90 Å². The lowest BCUT2D eigenvalue weighted by atomic mass is 9.89. The molecule has 2 atom stereocenters. The zero-order valence-electron chi connectivity index (χ0n) is 21.3. The van der Waals surface area contributed by atoms with Crippen LogP contribution in [0.2, 0.25) is 0 Å². The molecule has 2 fully saturated rings. The topological polar surface area (TPSA) is 116 Å². The molecule has 1 amide bonds. The van der Waals surface area contributed by atoms with Gasteiger partial charge in [0, 0.05) is 75.7 Å². The third-order valence-electron chi connectivity index (χ3n) is 7.69. The summed E-state index contributed by atoms with van der Waals surface area (Å²) in [5, 5.41) is 21.4. The van der Waals surface area contributed by atoms with Crippen LogP contribution in [-0.4, -0.2) is 104 Å². The van der Waals surface area contributed by atoms with Crippen LogP contribution in [0.5, 0.6) is 0 Å². The zero-order valence-corrected chi connectivity index (χ0v) is 21.3. The number of aliphatic hydroxyl groups is 1. The molecule has 2 aliphatic rings. The number of carbonyl (C=O) groups is 1. The molecule has 6 rings (SSSR count). The summed E-state index contributed by atoms with van der Waals surface area (Å²) in [7, 11) is 3.99. The Kier molecular flexibility index (Phi) is 6.27. The van der Waals surface area contributed by atoms with E-state index in [2.05, 4.69) is 54.4 Å². The van der Waals surface area contributed by atoms with E-state index in [1.54, 1.807) is 4.52 Å². The summed E-state index contributed by atoms with van der Waals surface area (Å²) in [6.45, 7) is 6.12. The van der Waals surface area contributed by atoms with E-state index in [4.69, 9.17) is 4.98 Å². The molecule has 5 heterocycles. The minimum absolute atomic E-state index is 0.223. The number of pyridine rings is 1. The van der Waals surface area contributed by atoms with Crippen LogP contribution in [0.25, 0.3) is 27.9 Å². The second kappa shape index (κ2) is 9.73. The SMILES string of the molecule is CNc1cc(-c2cn(CCN3CCN(C)CC3)c3ncccc23)nc2c(C(=O)N[C@@H]3CC[C@H]3O)cnn12. The summed E-state index contributed by atoms with van der Waals surface area (Å²) < 4.78 is 3.84. The highest BCUT2D eigenvalue weighted by atomic mass is 16.3. The number of rotatable bonds is 7. The largest absolute Gasteiger partial charge is 0.391 e. The van der Waals surface area contributed by atoms with Gasteiger partial charge in [-0.15, -0.1) is 0 Å². The number of nitrogens with zero attached hydrogens (tertiary/aromatic N) is 7. The fraction of sp³-hybridized carbons (Fsp3) is 0.462. The highest BCUT2D eigenvalue weighted by Crippen LogP contribution is 2.31. The van der Waals surface area contributed by atoms with E-state index >= 15 is 0 Å². The molecule has 0 radical (unpaired) electrons. The van der Waals surface area contributed by atoms with Gasteiger partial charge in [-0.3, -0.25) is 9.69 Å². The van der Waals surface area contributed by atoms with Crippen molar-refractivity contribution in [1.82, 2.24) is 39.3 Å². The highest BCUT2D eigenvalue weighted by molar-refractivity contribution is 6.01. The van der Waals surface area contributed by atoms with Crippen LogP contribution in [0.15, 0.2) is 36.8 Å². The lowest BCUT2D eigenvalue weighted by molar-refractivity contribution is 0.0448. The third-order valence-corrected chi connectivity index (χ3v) is 7.69. The third kappa shape index (κ3) is 4.43. The van der Waals surface area contributed by atoms with Crippen molar-refractivity contribution in [3.63, 3.8) is 0 Å². The number of anilines is 1. The van der Waals surface area contributed by atoms with Crippen LogP contribution in [0, 0.1) is 0 Å². The summed E-state index contributed by atoms with van der Waals surface area (Å²) >= 11 is 0. The molecule has 11 nitrogen and oxygen atoms in total. The molecule has 0 aromatic carbocycles. The molecular formula is C26H33N9O2. The zero-order chi connectivity index (χ0) is 25.5. The first-order valence-electron chi connectivity index (χ1n) is 12.9. The number of hydrogen-bond acceptors (Lipinski definition) is 8. The average Bonchev–Trinajstić information content (AvgIpc) is 3.52. The van der Waals surface area contributed by atoms with E-state index < -0.39 is 6.10 Å². The van der Waals surface area contributed by atoms with Crippen molar-refractivity contribution in [2.75, 3.05) is 52.1 Å². The van der Waals surface area contributed by atoms with Gasteiger partial charge in [0.2, 0.25) is 0 Å². The molecule has 4 aromatic rings. The Morgan fingerprint density at radius 2 is 2.00 bits per heavy atom. The van der Waals surface area contributed by atoms with Gasteiger partial charge in [-0.25, -0.2) is 9.97 Å². The molecule has 11 heteroatoms. The van der Waals surface area contributed by atoms with E-state index in [0.717, 1.165) is 73.8 Å². The second-order valence-corrected chi connectivity index (χ2v) is 10.1. The molecule has 1 aliphatic heterocycles. The van der Waals surface area contributed by atoms with Gasteiger partial charge in [0.1, 0.15) is 17.0 Å². The molecule has 1 saturated heterocycles. The highest BCUT2D eigenvalue weighted by Gasteiger charge is 2.31. The van der Waals surface area contributed by atoms with Crippen molar-refractivity contribution in [3.8, 4) is 11.3 Å². The lowest BCUT2D eigenvalue weighted by Gasteiger charge is -2.32.